The molecule has 0 aromatic carbocycles. The zero-order chi connectivity index (χ0) is 15.6. The van der Waals surface area contributed by atoms with Crippen LogP contribution in [0.2, 0.25) is 0 Å². The maximum absolute atomic E-state index is 12.2. The molecule has 0 saturated carbocycles. The number of nitrogens with one attached hydrogen (secondary N) is 2. The maximum Gasteiger partial charge on any atom is 0.271 e. The lowest BCUT2D eigenvalue weighted by atomic mass is 10.1. The molecule has 0 unspecified atom stereocenters. The molecule has 0 saturated heterocycles. The van der Waals surface area contributed by atoms with Gasteiger partial charge in [-0.25, -0.2) is 4.98 Å². The van der Waals surface area contributed by atoms with Crippen LogP contribution in [-0.2, 0) is 6.54 Å². The number of aryl methyl sites for hydroxylation is 2. The summed E-state index contributed by atoms with van der Waals surface area (Å²) in [6.07, 6.45) is 0. The quantitative estimate of drug-likeness (QED) is 0.890. The first-order chi connectivity index (χ1) is 9.97. The van der Waals surface area contributed by atoms with Crippen molar-refractivity contribution in [2.45, 2.75) is 40.3 Å². The van der Waals surface area contributed by atoms with E-state index in [-0.39, 0.29) is 11.9 Å². The monoisotopic (exact) mass is 307 g/mol. The minimum atomic E-state index is -0.164. The summed E-state index contributed by atoms with van der Waals surface area (Å²) in [6.45, 7) is 8.86. The van der Waals surface area contributed by atoms with Gasteiger partial charge in [0.25, 0.3) is 5.91 Å². The lowest BCUT2D eigenvalue weighted by Gasteiger charge is -2.14. The van der Waals surface area contributed by atoms with Crippen molar-refractivity contribution in [1.29, 1.82) is 0 Å². The summed E-state index contributed by atoms with van der Waals surface area (Å²) in [4.78, 5) is 16.5. The number of hydrogen-bond acceptors (Lipinski definition) is 5. The SMILES string of the molecule is CCn1nc(C)c([C@H](C)NC(=O)c2csc(NC)n2)c1C. The Kier molecular flexibility index (Phi) is 4.62. The van der Waals surface area contributed by atoms with Gasteiger partial charge in [0.05, 0.1) is 11.7 Å². The molecular weight excluding hydrogens is 286 g/mol. The molecule has 0 bridgehead atoms. The van der Waals surface area contributed by atoms with E-state index in [0.29, 0.717) is 5.69 Å². The Hall–Kier alpha value is -1.89. The van der Waals surface area contributed by atoms with Crippen LogP contribution in [0.4, 0.5) is 5.13 Å². The molecule has 21 heavy (non-hydrogen) atoms. The number of hydrogen-bond donors (Lipinski definition) is 2. The van der Waals surface area contributed by atoms with Gasteiger partial charge < -0.3 is 10.6 Å². The Morgan fingerprint density at radius 3 is 2.71 bits per heavy atom. The third-order valence-corrected chi connectivity index (χ3v) is 4.33. The van der Waals surface area contributed by atoms with Crippen molar-refractivity contribution in [3.8, 4) is 0 Å². The topological polar surface area (TPSA) is 71.8 Å². The van der Waals surface area contributed by atoms with Gasteiger partial charge in [0, 0.05) is 30.2 Å². The van der Waals surface area contributed by atoms with E-state index in [9.17, 15) is 4.79 Å². The molecule has 0 spiro atoms. The minimum absolute atomic E-state index is 0.0995. The van der Waals surface area contributed by atoms with Gasteiger partial charge in [-0.15, -0.1) is 11.3 Å². The fourth-order valence-electron chi connectivity index (χ4n) is 2.48. The van der Waals surface area contributed by atoms with Gasteiger partial charge in [-0.1, -0.05) is 0 Å². The van der Waals surface area contributed by atoms with Crippen LogP contribution in [0.3, 0.4) is 0 Å². The second-order valence-electron chi connectivity index (χ2n) is 4.88. The van der Waals surface area contributed by atoms with Crippen molar-refractivity contribution in [1.82, 2.24) is 20.1 Å². The smallest absolute Gasteiger partial charge is 0.271 e. The zero-order valence-electron chi connectivity index (χ0n) is 13.0. The Morgan fingerprint density at radius 2 is 2.19 bits per heavy atom. The maximum atomic E-state index is 12.2. The van der Waals surface area contributed by atoms with Crippen molar-refractivity contribution in [2.24, 2.45) is 0 Å². The van der Waals surface area contributed by atoms with E-state index < -0.39 is 0 Å². The van der Waals surface area contributed by atoms with E-state index in [1.54, 1.807) is 12.4 Å². The molecule has 0 aliphatic heterocycles. The fourth-order valence-corrected chi connectivity index (χ4v) is 3.13. The Labute approximate surface area is 128 Å². The van der Waals surface area contributed by atoms with Gasteiger partial charge in [-0.2, -0.15) is 5.10 Å². The lowest BCUT2D eigenvalue weighted by Crippen LogP contribution is -2.27. The van der Waals surface area contributed by atoms with Crippen molar-refractivity contribution in [3.05, 3.63) is 28.0 Å². The molecule has 0 aliphatic rings. The summed E-state index contributed by atoms with van der Waals surface area (Å²) in [6, 6.07) is -0.0995. The molecule has 2 heterocycles. The summed E-state index contributed by atoms with van der Waals surface area (Å²) < 4.78 is 1.95. The van der Waals surface area contributed by atoms with Gasteiger partial charge in [0.1, 0.15) is 5.69 Å². The van der Waals surface area contributed by atoms with Crippen LogP contribution < -0.4 is 10.6 Å². The van der Waals surface area contributed by atoms with Crippen LogP contribution in [-0.4, -0.2) is 27.7 Å². The highest BCUT2D eigenvalue weighted by atomic mass is 32.1. The summed E-state index contributed by atoms with van der Waals surface area (Å²) in [5.41, 5.74) is 3.57. The van der Waals surface area contributed by atoms with E-state index in [4.69, 9.17) is 0 Å². The summed E-state index contributed by atoms with van der Waals surface area (Å²) in [7, 11) is 1.79. The van der Waals surface area contributed by atoms with Gasteiger partial charge in [-0.3, -0.25) is 9.48 Å². The molecule has 6 nitrogen and oxygen atoms in total. The number of carbonyl (C=O) groups excluding carboxylic acids is 1. The Balaban J connectivity index is 2.16. The normalized spacial score (nSPS) is 12.2. The third-order valence-electron chi connectivity index (χ3n) is 3.47. The zero-order valence-corrected chi connectivity index (χ0v) is 13.8. The number of aromatic nitrogens is 3. The highest BCUT2D eigenvalue weighted by Gasteiger charge is 2.20. The standard InChI is InChI=1S/C14H21N5OS/c1-6-19-10(4)12(9(3)18-19)8(2)16-13(20)11-7-21-14(15-5)17-11/h7-8H,6H2,1-5H3,(H,15,17)(H,16,20)/t8-/m0/s1. The first-order valence-corrected chi connectivity index (χ1v) is 7.83. The molecule has 0 aliphatic carbocycles. The average molecular weight is 307 g/mol. The molecule has 2 aromatic rings. The van der Waals surface area contributed by atoms with Crippen LogP contribution in [0.25, 0.3) is 0 Å². The van der Waals surface area contributed by atoms with E-state index in [1.165, 1.54) is 11.3 Å². The van der Waals surface area contributed by atoms with E-state index >= 15 is 0 Å². The number of anilines is 1. The molecule has 1 amide bonds. The van der Waals surface area contributed by atoms with E-state index in [2.05, 4.69) is 27.6 Å². The van der Waals surface area contributed by atoms with Crippen LogP contribution in [0, 0.1) is 13.8 Å². The first kappa shape index (κ1) is 15.5. The molecule has 2 N–H and O–H groups in total. The third kappa shape index (κ3) is 3.07. The highest BCUT2D eigenvalue weighted by Crippen LogP contribution is 2.22. The van der Waals surface area contributed by atoms with E-state index in [0.717, 1.165) is 28.6 Å². The number of rotatable bonds is 5. The molecule has 7 heteroatoms. The Morgan fingerprint density at radius 1 is 1.48 bits per heavy atom. The first-order valence-electron chi connectivity index (χ1n) is 6.96. The van der Waals surface area contributed by atoms with Crippen molar-refractivity contribution in [3.63, 3.8) is 0 Å². The van der Waals surface area contributed by atoms with Crippen LogP contribution in [0.1, 0.15) is 47.3 Å². The van der Waals surface area contributed by atoms with Gasteiger partial charge in [0.15, 0.2) is 5.13 Å². The molecule has 1 atom stereocenters. The number of amides is 1. The summed E-state index contributed by atoms with van der Waals surface area (Å²) >= 11 is 1.42. The van der Waals surface area contributed by atoms with Gasteiger partial charge >= 0.3 is 0 Å². The summed E-state index contributed by atoms with van der Waals surface area (Å²) in [5.74, 6) is -0.164. The van der Waals surface area contributed by atoms with Crippen LogP contribution in [0.5, 0.6) is 0 Å². The second-order valence-corrected chi connectivity index (χ2v) is 5.74. The predicted molar refractivity (Wildman–Crippen MR) is 84.9 cm³/mol. The minimum Gasteiger partial charge on any atom is -0.365 e. The average Bonchev–Trinajstić information content (AvgIpc) is 3.03. The molecular formula is C14H21N5OS. The van der Waals surface area contributed by atoms with Crippen LogP contribution >= 0.6 is 11.3 Å². The number of carbonyl (C=O) groups is 1. The van der Waals surface area contributed by atoms with Gasteiger partial charge in [0.2, 0.25) is 0 Å². The van der Waals surface area contributed by atoms with Gasteiger partial charge in [-0.05, 0) is 27.7 Å². The van der Waals surface area contributed by atoms with Crippen molar-refractivity contribution in [2.75, 3.05) is 12.4 Å². The van der Waals surface area contributed by atoms with E-state index in [1.807, 2.05) is 25.5 Å². The molecule has 2 rings (SSSR count). The van der Waals surface area contributed by atoms with Crippen molar-refractivity contribution >= 4 is 22.4 Å². The van der Waals surface area contributed by atoms with Crippen LogP contribution in [0.15, 0.2) is 5.38 Å². The molecule has 114 valence electrons. The summed E-state index contributed by atoms with van der Waals surface area (Å²) in [5, 5.41) is 12.9. The second kappa shape index (κ2) is 6.26. The molecule has 2 aromatic heterocycles. The number of nitrogens with zero attached hydrogens (tertiary/aromatic N) is 3. The van der Waals surface area contributed by atoms with Crippen molar-refractivity contribution < 1.29 is 4.79 Å². The molecule has 0 fully saturated rings. The number of thiazole rings is 1. The Bertz CT molecular complexity index is 646. The lowest BCUT2D eigenvalue weighted by molar-refractivity contribution is 0.0935. The fraction of sp³-hybridized carbons (Fsp3) is 0.500. The predicted octanol–water partition coefficient (Wildman–Crippen LogP) is 2.51. The largest absolute Gasteiger partial charge is 0.365 e. The highest BCUT2D eigenvalue weighted by molar-refractivity contribution is 7.13. The molecule has 0 radical (unpaired) electrons.